The highest BCUT2D eigenvalue weighted by molar-refractivity contribution is 9.10. The average Bonchev–Trinajstić information content (AvgIpc) is 2.73. The average molecular weight is 535 g/mol. The van der Waals surface area contributed by atoms with Crippen LogP contribution in [0.5, 0.6) is 5.75 Å². The Hall–Kier alpha value is -1.70. The van der Waals surface area contributed by atoms with Crippen molar-refractivity contribution in [3.8, 4) is 5.75 Å². The molecule has 158 valence electrons. The fourth-order valence-electron chi connectivity index (χ4n) is 3.33. The van der Waals surface area contributed by atoms with Gasteiger partial charge in [-0.05, 0) is 59.5 Å². The van der Waals surface area contributed by atoms with Crippen molar-refractivity contribution in [2.24, 2.45) is 0 Å². The van der Waals surface area contributed by atoms with Gasteiger partial charge in [0, 0.05) is 28.6 Å². The van der Waals surface area contributed by atoms with E-state index in [1.54, 1.807) is 12.1 Å². The number of phenols is 1. The number of halogens is 2. The van der Waals surface area contributed by atoms with Crippen molar-refractivity contribution in [3.63, 3.8) is 0 Å². The lowest BCUT2D eigenvalue weighted by atomic mass is 10.1. The van der Waals surface area contributed by atoms with Crippen LogP contribution in [-0.4, -0.2) is 39.9 Å². The van der Waals surface area contributed by atoms with Crippen LogP contribution in [0.1, 0.15) is 28.9 Å². The topological polar surface area (TPSA) is 63.9 Å². The first-order chi connectivity index (χ1) is 14.4. The molecule has 3 N–H and O–H groups in total. The number of hydrogen-bond donors (Lipinski definition) is 3. The van der Waals surface area contributed by atoms with Gasteiger partial charge < -0.3 is 15.3 Å². The smallest absolute Gasteiger partial charge is 0.115 e. The minimum Gasteiger partial charge on any atom is -0.508 e. The Morgan fingerprint density at radius 2 is 1.23 bits per heavy atom. The van der Waals surface area contributed by atoms with Gasteiger partial charge in [0.1, 0.15) is 5.75 Å². The lowest BCUT2D eigenvalue weighted by Crippen LogP contribution is -2.34. The molecule has 0 heterocycles. The Balaban J connectivity index is 1.72. The quantitative estimate of drug-likeness (QED) is 0.352. The van der Waals surface area contributed by atoms with Crippen LogP contribution in [0.25, 0.3) is 0 Å². The summed E-state index contributed by atoms with van der Waals surface area (Å²) in [6.45, 7) is 1.47. The SMILES string of the molecule is Oc1ccc(CCN(CC(O)c2cccc(Br)c2)CC(O)c2cccc(Br)c2)cc1. The van der Waals surface area contributed by atoms with E-state index in [1.165, 1.54) is 0 Å². The zero-order valence-electron chi connectivity index (χ0n) is 16.5. The first-order valence-corrected chi connectivity index (χ1v) is 11.4. The van der Waals surface area contributed by atoms with E-state index >= 15 is 0 Å². The fourth-order valence-corrected chi connectivity index (χ4v) is 4.17. The summed E-state index contributed by atoms with van der Waals surface area (Å²) in [6, 6.07) is 22.4. The molecule has 3 rings (SSSR count). The van der Waals surface area contributed by atoms with Crippen molar-refractivity contribution in [3.05, 3.63) is 98.4 Å². The lowest BCUT2D eigenvalue weighted by molar-refractivity contribution is 0.0693. The molecule has 6 heteroatoms. The van der Waals surface area contributed by atoms with E-state index in [0.717, 1.165) is 32.1 Å². The van der Waals surface area contributed by atoms with E-state index in [2.05, 4.69) is 36.8 Å². The first kappa shape index (κ1) is 23.0. The van der Waals surface area contributed by atoms with Crippen LogP contribution in [0.3, 0.4) is 0 Å². The number of hydrogen-bond acceptors (Lipinski definition) is 4. The number of aliphatic hydroxyl groups is 2. The van der Waals surface area contributed by atoms with Crippen LogP contribution in [0.4, 0.5) is 0 Å². The second-order valence-electron chi connectivity index (χ2n) is 7.32. The van der Waals surface area contributed by atoms with Gasteiger partial charge in [0.2, 0.25) is 0 Å². The summed E-state index contributed by atoms with van der Waals surface area (Å²) in [5, 5.41) is 31.1. The van der Waals surface area contributed by atoms with Crippen LogP contribution in [0.2, 0.25) is 0 Å². The molecule has 0 saturated carbocycles. The molecule has 0 fully saturated rings. The van der Waals surface area contributed by atoms with Gasteiger partial charge in [-0.1, -0.05) is 68.3 Å². The molecule has 0 radical (unpaired) electrons. The van der Waals surface area contributed by atoms with Crippen molar-refractivity contribution < 1.29 is 15.3 Å². The Kier molecular flexibility index (Phi) is 8.48. The van der Waals surface area contributed by atoms with Gasteiger partial charge in [0.15, 0.2) is 0 Å². The van der Waals surface area contributed by atoms with Crippen LogP contribution < -0.4 is 0 Å². The minimum absolute atomic E-state index is 0.241. The first-order valence-electron chi connectivity index (χ1n) is 9.78. The highest BCUT2D eigenvalue weighted by atomic mass is 79.9. The van der Waals surface area contributed by atoms with Gasteiger partial charge in [-0.2, -0.15) is 0 Å². The number of phenolic OH excluding ortho intramolecular Hbond substituents is 1. The minimum atomic E-state index is -0.669. The lowest BCUT2D eigenvalue weighted by Gasteiger charge is -2.28. The van der Waals surface area contributed by atoms with Gasteiger partial charge in [-0.25, -0.2) is 0 Å². The molecule has 0 aliphatic rings. The summed E-state index contributed by atoms with van der Waals surface area (Å²) in [7, 11) is 0. The molecular formula is C24H25Br2NO3. The van der Waals surface area contributed by atoms with Crippen molar-refractivity contribution in [1.82, 2.24) is 4.90 Å². The Morgan fingerprint density at radius 1 is 0.733 bits per heavy atom. The largest absolute Gasteiger partial charge is 0.508 e. The molecule has 0 aliphatic carbocycles. The van der Waals surface area contributed by atoms with Crippen LogP contribution in [-0.2, 0) is 6.42 Å². The monoisotopic (exact) mass is 533 g/mol. The molecule has 2 unspecified atom stereocenters. The molecule has 0 spiro atoms. The van der Waals surface area contributed by atoms with Crippen LogP contribution >= 0.6 is 31.9 Å². The molecule has 0 aliphatic heterocycles. The molecule has 30 heavy (non-hydrogen) atoms. The highest BCUT2D eigenvalue weighted by Gasteiger charge is 2.18. The van der Waals surface area contributed by atoms with E-state index < -0.39 is 12.2 Å². The van der Waals surface area contributed by atoms with E-state index in [9.17, 15) is 15.3 Å². The van der Waals surface area contributed by atoms with E-state index in [4.69, 9.17) is 0 Å². The second-order valence-corrected chi connectivity index (χ2v) is 9.15. The van der Waals surface area contributed by atoms with Gasteiger partial charge in [-0.15, -0.1) is 0 Å². The Morgan fingerprint density at radius 3 is 1.70 bits per heavy atom. The molecule has 0 saturated heterocycles. The van der Waals surface area contributed by atoms with Gasteiger partial charge in [-0.3, -0.25) is 4.90 Å². The fraction of sp³-hybridized carbons (Fsp3) is 0.250. The maximum Gasteiger partial charge on any atom is 0.115 e. The zero-order chi connectivity index (χ0) is 21.5. The third-order valence-electron chi connectivity index (χ3n) is 4.98. The van der Waals surface area contributed by atoms with Gasteiger partial charge in [0.25, 0.3) is 0 Å². The van der Waals surface area contributed by atoms with E-state index in [0.29, 0.717) is 19.6 Å². The summed E-state index contributed by atoms with van der Waals surface area (Å²) >= 11 is 6.90. The second kappa shape index (κ2) is 11.1. The highest BCUT2D eigenvalue weighted by Crippen LogP contribution is 2.23. The molecule has 4 nitrogen and oxygen atoms in total. The normalized spacial score (nSPS) is 13.4. The maximum atomic E-state index is 10.8. The number of rotatable bonds is 9. The maximum absolute atomic E-state index is 10.8. The third kappa shape index (κ3) is 6.93. The number of aromatic hydroxyl groups is 1. The molecule has 0 aromatic heterocycles. The van der Waals surface area contributed by atoms with E-state index in [1.807, 2.05) is 60.7 Å². The summed E-state index contributed by atoms with van der Waals surface area (Å²) in [5.74, 6) is 0.241. The summed E-state index contributed by atoms with van der Waals surface area (Å²) < 4.78 is 1.84. The predicted octanol–water partition coefficient (Wildman–Crippen LogP) is 5.23. The number of benzene rings is 3. The molecular weight excluding hydrogens is 510 g/mol. The number of aliphatic hydroxyl groups excluding tert-OH is 2. The standard InChI is InChI=1S/C24H25Br2NO3/c25-20-5-1-3-18(13-20)23(29)15-27(12-11-17-7-9-22(28)10-8-17)16-24(30)19-4-2-6-21(26)14-19/h1-10,13-14,23-24,28-30H,11-12,15-16H2. The summed E-state index contributed by atoms with van der Waals surface area (Å²) in [6.07, 6.45) is -0.592. The molecule has 0 amide bonds. The van der Waals surface area contributed by atoms with Crippen molar-refractivity contribution in [2.45, 2.75) is 18.6 Å². The van der Waals surface area contributed by atoms with Crippen molar-refractivity contribution in [2.75, 3.05) is 19.6 Å². The van der Waals surface area contributed by atoms with Crippen molar-refractivity contribution in [1.29, 1.82) is 0 Å². The molecule has 2 atom stereocenters. The Bertz CT molecular complexity index is 896. The predicted molar refractivity (Wildman–Crippen MR) is 126 cm³/mol. The molecule has 0 bridgehead atoms. The van der Waals surface area contributed by atoms with Crippen LogP contribution in [0, 0.1) is 0 Å². The van der Waals surface area contributed by atoms with E-state index in [-0.39, 0.29) is 5.75 Å². The molecule has 3 aromatic rings. The zero-order valence-corrected chi connectivity index (χ0v) is 19.6. The molecule has 3 aromatic carbocycles. The van der Waals surface area contributed by atoms with Gasteiger partial charge >= 0.3 is 0 Å². The summed E-state index contributed by atoms with van der Waals surface area (Å²) in [4.78, 5) is 2.07. The third-order valence-corrected chi connectivity index (χ3v) is 5.97. The number of nitrogens with zero attached hydrogens (tertiary/aromatic N) is 1. The summed E-state index contributed by atoms with van der Waals surface area (Å²) in [5.41, 5.74) is 2.75. The Labute approximate surface area is 194 Å². The van der Waals surface area contributed by atoms with Gasteiger partial charge in [0.05, 0.1) is 12.2 Å². The van der Waals surface area contributed by atoms with Crippen LogP contribution in [0.15, 0.2) is 81.7 Å². The van der Waals surface area contributed by atoms with Crippen molar-refractivity contribution >= 4 is 31.9 Å².